The van der Waals surface area contributed by atoms with Gasteiger partial charge in [-0.1, -0.05) is 0 Å². The Morgan fingerprint density at radius 1 is 1.18 bits per heavy atom. The largest absolute Gasteiger partial charge is 0.539 e. The Morgan fingerprint density at radius 3 is 2.24 bits per heavy atom. The molecule has 0 heterocycles. The number of carboxylic acids is 1. The Kier molecular flexibility index (Phi) is 2.09. The number of carbonyl (C=O) groups excluding carboxylic acids is 2. The minimum atomic E-state index is -1.80. The van der Waals surface area contributed by atoms with Crippen LogP contribution in [0.4, 0.5) is 0 Å². The molecule has 0 aliphatic heterocycles. The molecular formula is C12H15O5-. The number of hydrogen-bond acceptors (Lipinski definition) is 5. The summed E-state index contributed by atoms with van der Waals surface area (Å²) in [5, 5.41) is 20.8. The van der Waals surface area contributed by atoms with Gasteiger partial charge in [0.1, 0.15) is 5.60 Å². The molecule has 0 spiro atoms. The highest BCUT2D eigenvalue weighted by Crippen LogP contribution is 2.58. The molecule has 4 rings (SSSR count). The number of ether oxygens (including phenoxy) is 1. The van der Waals surface area contributed by atoms with Gasteiger partial charge in [0.2, 0.25) is 0 Å². The summed E-state index contributed by atoms with van der Waals surface area (Å²) in [4.78, 5) is 21.6. The molecule has 0 aromatic rings. The van der Waals surface area contributed by atoms with E-state index in [-0.39, 0.29) is 0 Å². The number of esters is 1. The third kappa shape index (κ3) is 1.73. The molecule has 2 unspecified atom stereocenters. The van der Waals surface area contributed by atoms with Crippen molar-refractivity contribution in [2.45, 2.75) is 49.7 Å². The topological polar surface area (TPSA) is 86.7 Å². The number of carbonyl (C=O) groups is 2. The van der Waals surface area contributed by atoms with Gasteiger partial charge < -0.3 is 19.7 Å². The minimum absolute atomic E-state index is 0.357. The average molecular weight is 239 g/mol. The van der Waals surface area contributed by atoms with Crippen LogP contribution in [-0.4, -0.2) is 28.2 Å². The number of carboxylic acid groups (broad SMARTS) is 1. The molecule has 5 nitrogen and oxygen atoms in total. The van der Waals surface area contributed by atoms with Gasteiger partial charge >= 0.3 is 5.97 Å². The molecule has 4 saturated carbocycles. The van der Waals surface area contributed by atoms with Crippen molar-refractivity contribution in [1.29, 1.82) is 0 Å². The van der Waals surface area contributed by atoms with Crippen LogP contribution in [0.5, 0.6) is 0 Å². The Labute approximate surface area is 98.8 Å². The van der Waals surface area contributed by atoms with E-state index < -0.39 is 23.1 Å². The number of rotatable bonds is 1. The third-order valence-corrected chi connectivity index (χ3v) is 4.45. The zero-order chi connectivity index (χ0) is 12.3. The molecule has 1 N–H and O–H groups in total. The summed E-state index contributed by atoms with van der Waals surface area (Å²) in [6.07, 6.45) is 4.33. The lowest BCUT2D eigenvalue weighted by atomic mass is 9.52. The molecule has 0 saturated heterocycles. The van der Waals surface area contributed by atoms with Crippen LogP contribution < -0.4 is 5.11 Å². The molecule has 0 amide bonds. The smallest absolute Gasteiger partial charge is 0.354 e. The van der Waals surface area contributed by atoms with E-state index in [4.69, 9.17) is 4.74 Å². The number of aliphatic hydroxyl groups is 1. The minimum Gasteiger partial charge on any atom is -0.539 e. The Bertz CT molecular complexity index is 374. The lowest BCUT2D eigenvalue weighted by Gasteiger charge is -2.59. The fourth-order valence-electron chi connectivity index (χ4n) is 4.49. The van der Waals surface area contributed by atoms with Gasteiger partial charge in [0.15, 0.2) is 5.97 Å². The van der Waals surface area contributed by atoms with E-state index in [1.54, 1.807) is 0 Å². The molecule has 4 bridgehead atoms. The normalized spacial score (nSPS) is 46.9. The molecule has 4 aliphatic carbocycles. The molecule has 17 heavy (non-hydrogen) atoms. The molecule has 0 aromatic carbocycles. The fourth-order valence-corrected chi connectivity index (χ4v) is 4.49. The Balaban J connectivity index is 1.83. The van der Waals surface area contributed by atoms with Crippen LogP contribution in [-0.2, 0) is 14.3 Å². The summed E-state index contributed by atoms with van der Waals surface area (Å²) in [7, 11) is 0. The van der Waals surface area contributed by atoms with Crippen molar-refractivity contribution in [3.05, 3.63) is 0 Å². The number of hydrogen-bond donors (Lipinski definition) is 1. The quantitative estimate of drug-likeness (QED) is 0.486. The summed E-state index contributed by atoms with van der Waals surface area (Å²) in [6.45, 7) is 0. The predicted octanol–water partition coefficient (Wildman–Crippen LogP) is -0.637. The van der Waals surface area contributed by atoms with Crippen molar-refractivity contribution >= 4 is 11.9 Å². The van der Waals surface area contributed by atoms with E-state index in [2.05, 4.69) is 0 Å². The average Bonchev–Trinajstić information content (AvgIpc) is 2.11. The van der Waals surface area contributed by atoms with Gasteiger partial charge in [-0.05, 0) is 43.9 Å². The third-order valence-electron chi connectivity index (χ3n) is 4.45. The monoisotopic (exact) mass is 239 g/mol. The van der Waals surface area contributed by atoms with Gasteiger partial charge in [0, 0.05) is 6.42 Å². The Morgan fingerprint density at radius 2 is 1.76 bits per heavy atom. The SMILES string of the molecule is O=C([O-])C(=O)OC12CC3CC(CC(O)(C3)C1)C2. The van der Waals surface area contributed by atoms with Crippen LogP contribution in [0.1, 0.15) is 38.5 Å². The van der Waals surface area contributed by atoms with E-state index in [0.29, 0.717) is 31.1 Å². The first-order chi connectivity index (χ1) is 7.90. The van der Waals surface area contributed by atoms with E-state index in [1.807, 2.05) is 0 Å². The van der Waals surface area contributed by atoms with Crippen LogP contribution in [0.25, 0.3) is 0 Å². The van der Waals surface area contributed by atoms with Crippen LogP contribution in [0, 0.1) is 11.8 Å². The fraction of sp³-hybridized carbons (Fsp3) is 0.833. The summed E-state index contributed by atoms with van der Waals surface area (Å²) in [5.74, 6) is -2.38. The van der Waals surface area contributed by atoms with Crippen molar-refractivity contribution in [2.75, 3.05) is 0 Å². The summed E-state index contributed by atoms with van der Waals surface area (Å²) < 4.78 is 5.12. The second-order valence-electron chi connectivity index (χ2n) is 6.05. The van der Waals surface area contributed by atoms with E-state index >= 15 is 0 Å². The van der Waals surface area contributed by atoms with Gasteiger partial charge in [0.05, 0.1) is 5.60 Å². The first-order valence-electron chi connectivity index (χ1n) is 6.07. The van der Waals surface area contributed by atoms with Crippen molar-refractivity contribution in [1.82, 2.24) is 0 Å². The molecule has 5 heteroatoms. The first-order valence-corrected chi connectivity index (χ1v) is 6.07. The highest BCUT2D eigenvalue weighted by molar-refractivity contribution is 6.27. The number of aliphatic carboxylic acids is 1. The summed E-state index contributed by atoms with van der Waals surface area (Å²) in [6, 6.07) is 0. The Hall–Kier alpha value is -1.10. The van der Waals surface area contributed by atoms with Crippen LogP contribution >= 0.6 is 0 Å². The standard InChI is InChI=1S/C12H16O5/c13-9(14)10(15)17-12-4-7-1-8(5-12)3-11(16,2-7)6-12/h7-8,16H,1-6H2,(H,13,14)/p-1. The molecule has 4 aliphatic rings. The molecular weight excluding hydrogens is 224 g/mol. The summed E-state index contributed by atoms with van der Waals surface area (Å²) in [5.41, 5.74) is -1.51. The van der Waals surface area contributed by atoms with Crippen LogP contribution in [0.15, 0.2) is 0 Å². The van der Waals surface area contributed by atoms with Crippen LogP contribution in [0.2, 0.25) is 0 Å². The maximum Gasteiger partial charge on any atom is 0.354 e. The van der Waals surface area contributed by atoms with Gasteiger partial charge in [-0.15, -0.1) is 0 Å². The van der Waals surface area contributed by atoms with Crippen LogP contribution in [0.3, 0.4) is 0 Å². The van der Waals surface area contributed by atoms with E-state index in [9.17, 15) is 19.8 Å². The van der Waals surface area contributed by atoms with Gasteiger partial charge in [-0.25, -0.2) is 4.79 Å². The lowest BCUT2D eigenvalue weighted by Crippen LogP contribution is -2.61. The van der Waals surface area contributed by atoms with Gasteiger partial charge in [-0.3, -0.25) is 0 Å². The first kappa shape index (κ1) is 11.0. The van der Waals surface area contributed by atoms with Crippen molar-refractivity contribution in [3.63, 3.8) is 0 Å². The summed E-state index contributed by atoms with van der Waals surface area (Å²) >= 11 is 0. The highest BCUT2D eigenvalue weighted by atomic mass is 16.6. The van der Waals surface area contributed by atoms with Crippen molar-refractivity contribution in [3.8, 4) is 0 Å². The highest BCUT2D eigenvalue weighted by Gasteiger charge is 2.59. The molecule has 0 aromatic heterocycles. The zero-order valence-corrected chi connectivity index (χ0v) is 9.48. The molecule has 4 fully saturated rings. The molecule has 0 radical (unpaired) electrons. The van der Waals surface area contributed by atoms with Gasteiger partial charge in [-0.2, -0.15) is 0 Å². The van der Waals surface area contributed by atoms with E-state index in [0.717, 1.165) is 19.3 Å². The molecule has 94 valence electrons. The second-order valence-corrected chi connectivity index (χ2v) is 6.05. The maximum atomic E-state index is 11.2. The predicted molar refractivity (Wildman–Crippen MR) is 53.5 cm³/mol. The lowest BCUT2D eigenvalue weighted by molar-refractivity contribution is -0.308. The van der Waals surface area contributed by atoms with Crippen molar-refractivity contribution < 1.29 is 24.5 Å². The van der Waals surface area contributed by atoms with Gasteiger partial charge in [0.25, 0.3) is 0 Å². The second kappa shape index (κ2) is 3.22. The van der Waals surface area contributed by atoms with Crippen molar-refractivity contribution in [2.24, 2.45) is 11.8 Å². The van der Waals surface area contributed by atoms with E-state index in [1.165, 1.54) is 0 Å². The zero-order valence-electron chi connectivity index (χ0n) is 9.48. The molecule has 2 atom stereocenters. The maximum absolute atomic E-state index is 11.2.